The van der Waals surface area contributed by atoms with E-state index >= 15 is 0 Å². The van der Waals surface area contributed by atoms with Gasteiger partial charge < -0.3 is 9.64 Å². The lowest BCUT2D eigenvalue weighted by molar-refractivity contribution is -0.385. The van der Waals surface area contributed by atoms with Crippen LogP contribution in [0.2, 0.25) is 0 Å². The van der Waals surface area contributed by atoms with Crippen LogP contribution < -0.4 is 9.64 Å². The van der Waals surface area contributed by atoms with Crippen LogP contribution >= 0.6 is 0 Å². The van der Waals surface area contributed by atoms with Gasteiger partial charge in [-0.15, -0.1) is 0 Å². The zero-order chi connectivity index (χ0) is 21.8. The quantitative estimate of drug-likeness (QED) is 0.401. The third-order valence-electron chi connectivity index (χ3n) is 5.93. The van der Waals surface area contributed by atoms with E-state index in [0.29, 0.717) is 17.5 Å². The summed E-state index contributed by atoms with van der Waals surface area (Å²) in [5, 5.41) is 11.9. The number of piperidine rings is 1. The molecule has 0 bridgehead atoms. The number of nitrogens with zero attached hydrogens (tertiary/aromatic N) is 4. The Labute approximate surface area is 181 Å². The van der Waals surface area contributed by atoms with E-state index in [4.69, 9.17) is 4.74 Å². The fourth-order valence-electron chi connectivity index (χ4n) is 4.01. The summed E-state index contributed by atoms with van der Waals surface area (Å²) in [7, 11) is 0. The van der Waals surface area contributed by atoms with Crippen molar-refractivity contribution in [3.63, 3.8) is 0 Å². The fraction of sp³-hybridized carbons (Fsp3) is 0.333. The second kappa shape index (κ2) is 9.12. The molecule has 2 heterocycles. The molecule has 0 radical (unpaired) electrons. The molecule has 1 aliphatic heterocycles. The van der Waals surface area contributed by atoms with E-state index in [2.05, 4.69) is 34.2 Å². The SMILES string of the molecule is Cc1ccc(Oc2ncnc(N3CCC(Cc4ccccc4)CC3)c2[N+](=O)[O-])cc1C. The molecule has 0 atom stereocenters. The normalized spacial score (nSPS) is 14.5. The molecule has 160 valence electrons. The molecular formula is C24H26N4O3. The van der Waals surface area contributed by atoms with Crippen molar-refractivity contribution in [3.8, 4) is 11.6 Å². The lowest BCUT2D eigenvalue weighted by Crippen LogP contribution is -2.35. The van der Waals surface area contributed by atoms with E-state index < -0.39 is 4.92 Å². The van der Waals surface area contributed by atoms with Crippen molar-refractivity contribution in [2.24, 2.45) is 5.92 Å². The average molecular weight is 418 g/mol. The van der Waals surface area contributed by atoms with Gasteiger partial charge in [-0.1, -0.05) is 36.4 Å². The monoisotopic (exact) mass is 418 g/mol. The third kappa shape index (κ3) is 4.82. The number of aryl methyl sites for hydroxylation is 2. The molecule has 1 saturated heterocycles. The molecule has 1 fully saturated rings. The highest BCUT2D eigenvalue weighted by atomic mass is 16.6. The summed E-state index contributed by atoms with van der Waals surface area (Å²) in [6.07, 6.45) is 4.29. The summed E-state index contributed by atoms with van der Waals surface area (Å²) in [5.41, 5.74) is 3.33. The number of nitro groups is 1. The lowest BCUT2D eigenvalue weighted by atomic mass is 9.90. The first-order chi connectivity index (χ1) is 15.0. The Bertz CT molecular complexity index is 1060. The Hall–Kier alpha value is -3.48. The molecular weight excluding hydrogens is 392 g/mol. The predicted octanol–water partition coefficient (Wildman–Crippen LogP) is 5.25. The number of hydrogen-bond donors (Lipinski definition) is 0. The van der Waals surface area contributed by atoms with Crippen molar-refractivity contribution >= 4 is 11.5 Å². The average Bonchev–Trinajstić information content (AvgIpc) is 2.77. The Morgan fingerprint density at radius 2 is 1.81 bits per heavy atom. The van der Waals surface area contributed by atoms with Gasteiger partial charge in [0, 0.05) is 13.1 Å². The van der Waals surface area contributed by atoms with Gasteiger partial charge in [0.15, 0.2) is 0 Å². The first kappa shape index (κ1) is 20.8. The van der Waals surface area contributed by atoms with E-state index in [9.17, 15) is 10.1 Å². The van der Waals surface area contributed by atoms with Crippen molar-refractivity contribution in [2.75, 3.05) is 18.0 Å². The zero-order valence-electron chi connectivity index (χ0n) is 17.8. The highest BCUT2D eigenvalue weighted by Gasteiger charge is 2.31. The van der Waals surface area contributed by atoms with E-state index in [1.165, 1.54) is 11.9 Å². The van der Waals surface area contributed by atoms with Crippen molar-refractivity contribution < 1.29 is 9.66 Å². The van der Waals surface area contributed by atoms with Crippen LogP contribution in [0.25, 0.3) is 0 Å². The molecule has 31 heavy (non-hydrogen) atoms. The summed E-state index contributed by atoms with van der Waals surface area (Å²) in [6.45, 7) is 5.42. The highest BCUT2D eigenvalue weighted by molar-refractivity contribution is 5.63. The summed E-state index contributed by atoms with van der Waals surface area (Å²) >= 11 is 0. The van der Waals surface area contributed by atoms with Crippen molar-refractivity contribution in [1.82, 2.24) is 9.97 Å². The molecule has 1 aliphatic rings. The number of anilines is 1. The highest BCUT2D eigenvalue weighted by Crippen LogP contribution is 2.38. The van der Waals surface area contributed by atoms with E-state index in [0.717, 1.165) is 43.5 Å². The minimum Gasteiger partial charge on any atom is -0.434 e. The number of hydrogen-bond acceptors (Lipinski definition) is 6. The second-order valence-corrected chi connectivity index (χ2v) is 8.08. The van der Waals surface area contributed by atoms with E-state index in [1.807, 2.05) is 36.9 Å². The molecule has 7 nitrogen and oxygen atoms in total. The number of benzene rings is 2. The van der Waals surface area contributed by atoms with Gasteiger partial charge in [-0.25, -0.2) is 4.98 Å². The van der Waals surface area contributed by atoms with Crippen LogP contribution in [0.1, 0.15) is 29.5 Å². The van der Waals surface area contributed by atoms with Crippen LogP contribution in [-0.4, -0.2) is 28.0 Å². The largest absolute Gasteiger partial charge is 0.434 e. The lowest BCUT2D eigenvalue weighted by Gasteiger charge is -2.32. The Balaban J connectivity index is 1.51. The van der Waals surface area contributed by atoms with Gasteiger partial charge in [-0.05, 0) is 67.9 Å². The number of ether oxygens (including phenoxy) is 1. The van der Waals surface area contributed by atoms with Gasteiger partial charge in [0.05, 0.1) is 4.92 Å². The van der Waals surface area contributed by atoms with Gasteiger partial charge in [0.25, 0.3) is 0 Å². The smallest absolute Gasteiger partial charge is 0.373 e. The summed E-state index contributed by atoms with van der Waals surface area (Å²) in [5.74, 6) is 1.39. The van der Waals surface area contributed by atoms with Crippen molar-refractivity contribution in [3.05, 3.63) is 81.7 Å². The van der Waals surface area contributed by atoms with Crippen LogP contribution in [0.3, 0.4) is 0 Å². The zero-order valence-corrected chi connectivity index (χ0v) is 17.8. The molecule has 0 N–H and O–H groups in total. The van der Waals surface area contributed by atoms with Gasteiger partial charge in [0.1, 0.15) is 12.1 Å². The van der Waals surface area contributed by atoms with Gasteiger partial charge in [0.2, 0.25) is 5.82 Å². The maximum atomic E-state index is 11.9. The summed E-state index contributed by atoms with van der Waals surface area (Å²) < 4.78 is 5.82. The summed E-state index contributed by atoms with van der Waals surface area (Å²) in [4.78, 5) is 21.8. The summed E-state index contributed by atoms with van der Waals surface area (Å²) in [6, 6.07) is 16.0. The van der Waals surface area contributed by atoms with Crippen LogP contribution in [0, 0.1) is 29.9 Å². The molecule has 1 aromatic heterocycles. The van der Waals surface area contributed by atoms with Crippen LogP contribution in [0.15, 0.2) is 54.9 Å². The number of aromatic nitrogens is 2. The minimum atomic E-state index is -0.443. The predicted molar refractivity (Wildman–Crippen MR) is 120 cm³/mol. The standard InChI is InChI=1S/C24H26N4O3/c1-17-8-9-21(14-18(17)2)31-24-22(28(29)30)23(25-16-26-24)27-12-10-20(11-13-27)15-19-6-4-3-5-7-19/h3-9,14,16,20H,10-13,15H2,1-2H3. The molecule has 0 spiro atoms. The Morgan fingerprint density at radius 3 is 2.48 bits per heavy atom. The van der Waals surface area contributed by atoms with Gasteiger partial charge >= 0.3 is 11.6 Å². The Kier molecular flexibility index (Phi) is 6.11. The molecule has 0 amide bonds. The van der Waals surface area contributed by atoms with E-state index in [1.54, 1.807) is 6.07 Å². The maximum absolute atomic E-state index is 11.9. The minimum absolute atomic E-state index is 0.0235. The van der Waals surface area contributed by atoms with Gasteiger partial charge in [-0.3, -0.25) is 10.1 Å². The molecule has 2 aromatic carbocycles. The molecule has 0 unspecified atom stereocenters. The second-order valence-electron chi connectivity index (χ2n) is 8.08. The number of rotatable bonds is 6. The van der Waals surface area contributed by atoms with E-state index in [-0.39, 0.29) is 11.6 Å². The van der Waals surface area contributed by atoms with Crippen LogP contribution in [0.4, 0.5) is 11.5 Å². The van der Waals surface area contributed by atoms with Crippen molar-refractivity contribution in [1.29, 1.82) is 0 Å². The molecule has 4 rings (SSSR count). The Morgan fingerprint density at radius 1 is 1.06 bits per heavy atom. The first-order valence-electron chi connectivity index (χ1n) is 10.5. The fourth-order valence-corrected chi connectivity index (χ4v) is 4.01. The topological polar surface area (TPSA) is 81.4 Å². The molecule has 0 aliphatic carbocycles. The van der Waals surface area contributed by atoms with Gasteiger partial charge in [-0.2, -0.15) is 4.98 Å². The van der Waals surface area contributed by atoms with Crippen LogP contribution in [-0.2, 0) is 6.42 Å². The van der Waals surface area contributed by atoms with Crippen molar-refractivity contribution in [2.45, 2.75) is 33.1 Å². The molecule has 7 heteroatoms. The maximum Gasteiger partial charge on any atom is 0.373 e. The first-order valence-corrected chi connectivity index (χ1v) is 10.5. The molecule has 3 aromatic rings. The van der Waals surface area contributed by atoms with Crippen LogP contribution in [0.5, 0.6) is 11.6 Å². The molecule has 0 saturated carbocycles. The third-order valence-corrected chi connectivity index (χ3v) is 5.93.